The van der Waals surface area contributed by atoms with E-state index >= 15 is 0 Å². The number of nitrogens with zero attached hydrogens (tertiary/aromatic N) is 3. The van der Waals surface area contributed by atoms with E-state index in [0.29, 0.717) is 6.42 Å². The van der Waals surface area contributed by atoms with Gasteiger partial charge in [-0.1, -0.05) is 32.9 Å². The van der Waals surface area contributed by atoms with E-state index in [1.165, 1.54) is 12.6 Å². The lowest BCUT2D eigenvalue weighted by Gasteiger charge is -2.18. The lowest BCUT2D eigenvalue weighted by atomic mass is 9.88. The molecule has 6 nitrogen and oxygen atoms in total. The number of sulfonamides is 1. The van der Waals surface area contributed by atoms with Crippen LogP contribution in [0.4, 0.5) is 0 Å². The van der Waals surface area contributed by atoms with Crippen molar-refractivity contribution in [1.82, 2.24) is 19.3 Å². The summed E-state index contributed by atoms with van der Waals surface area (Å²) < 4.78 is 28.7. The van der Waals surface area contributed by atoms with Gasteiger partial charge < -0.3 is 4.57 Å². The summed E-state index contributed by atoms with van der Waals surface area (Å²) in [6.07, 6.45) is 6.09. The van der Waals surface area contributed by atoms with Gasteiger partial charge in [-0.3, -0.25) is 4.98 Å². The van der Waals surface area contributed by atoms with Crippen LogP contribution in [0.2, 0.25) is 0 Å². The van der Waals surface area contributed by atoms with E-state index in [0.717, 1.165) is 22.5 Å². The molecule has 148 valence electrons. The van der Waals surface area contributed by atoms with E-state index in [1.54, 1.807) is 18.5 Å². The average Bonchev–Trinajstić information content (AvgIpc) is 3.08. The minimum atomic E-state index is -3.53. The Bertz CT molecular complexity index is 1080. The molecular formula is C21H26N4O2S. The topological polar surface area (TPSA) is 76.9 Å². The highest BCUT2D eigenvalue weighted by atomic mass is 32.2. The lowest BCUT2D eigenvalue weighted by molar-refractivity contribution is 0.586. The second kappa shape index (κ2) is 7.48. The van der Waals surface area contributed by atoms with Crippen molar-refractivity contribution in [2.45, 2.75) is 37.5 Å². The molecular weight excluding hydrogens is 372 g/mol. The van der Waals surface area contributed by atoms with E-state index in [2.05, 4.69) is 41.5 Å². The molecule has 0 aliphatic carbocycles. The molecule has 0 radical (unpaired) electrons. The molecule has 0 aliphatic heterocycles. The third kappa shape index (κ3) is 4.31. The first-order valence-corrected chi connectivity index (χ1v) is 10.6. The molecule has 0 saturated heterocycles. The molecule has 1 N–H and O–H groups in total. The molecule has 1 aromatic carbocycles. The van der Waals surface area contributed by atoms with E-state index in [-0.39, 0.29) is 10.3 Å². The molecule has 0 saturated carbocycles. The van der Waals surface area contributed by atoms with Crippen molar-refractivity contribution in [3.8, 4) is 11.3 Å². The SMILES string of the molecule is CNS(=O)(=O)c1ccc(Cc2ccc(C(C)(C)C)cn2)c(-c2cn(C)cn2)c1. The van der Waals surface area contributed by atoms with E-state index < -0.39 is 10.0 Å². The second-order valence-corrected chi connectivity index (χ2v) is 9.80. The maximum Gasteiger partial charge on any atom is 0.240 e. The summed E-state index contributed by atoms with van der Waals surface area (Å²) in [7, 11) is -0.241. The zero-order chi connectivity index (χ0) is 20.5. The van der Waals surface area contributed by atoms with Gasteiger partial charge in [-0.05, 0) is 41.8 Å². The molecule has 2 heterocycles. The van der Waals surface area contributed by atoms with Crippen LogP contribution >= 0.6 is 0 Å². The van der Waals surface area contributed by atoms with Gasteiger partial charge in [0.05, 0.1) is 16.9 Å². The summed E-state index contributed by atoms with van der Waals surface area (Å²) in [5, 5.41) is 0. The molecule has 2 aromatic heterocycles. The van der Waals surface area contributed by atoms with Gasteiger partial charge in [0, 0.05) is 37.1 Å². The van der Waals surface area contributed by atoms with Crippen LogP contribution in [0.15, 0.2) is 53.9 Å². The van der Waals surface area contributed by atoms with Gasteiger partial charge in [-0.25, -0.2) is 18.1 Å². The minimum absolute atomic E-state index is 0.0494. The first kappa shape index (κ1) is 20.2. The van der Waals surface area contributed by atoms with E-state index in [4.69, 9.17) is 0 Å². The molecule has 0 unspecified atom stereocenters. The van der Waals surface area contributed by atoms with Gasteiger partial charge in [0.15, 0.2) is 0 Å². The second-order valence-electron chi connectivity index (χ2n) is 7.92. The van der Waals surface area contributed by atoms with Gasteiger partial charge in [-0.2, -0.15) is 0 Å². The average molecular weight is 399 g/mol. The van der Waals surface area contributed by atoms with Gasteiger partial charge >= 0.3 is 0 Å². The predicted molar refractivity (Wildman–Crippen MR) is 111 cm³/mol. The molecule has 28 heavy (non-hydrogen) atoms. The first-order valence-electron chi connectivity index (χ1n) is 9.10. The summed E-state index contributed by atoms with van der Waals surface area (Å²) in [5.74, 6) is 0. The molecule has 7 heteroatoms. The number of aryl methyl sites for hydroxylation is 1. The molecule has 0 amide bonds. The summed E-state index contributed by atoms with van der Waals surface area (Å²) in [4.78, 5) is 9.24. The van der Waals surface area contributed by atoms with Crippen LogP contribution in [0.5, 0.6) is 0 Å². The fourth-order valence-electron chi connectivity index (χ4n) is 2.95. The van der Waals surface area contributed by atoms with Crippen LogP contribution in [0.25, 0.3) is 11.3 Å². The Morgan fingerprint density at radius 1 is 1.11 bits per heavy atom. The Hall–Kier alpha value is -2.51. The highest BCUT2D eigenvalue weighted by Gasteiger charge is 2.18. The lowest BCUT2D eigenvalue weighted by Crippen LogP contribution is -2.18. The van der Waals surface area contributed by atoms with Crippen molar-refractivity contribution in [1.29, 1.82) is 0 Å². The summed E-state index contributed by atoms with van der Waals surface area (Å²) in [6.45, 7) is 6.47. The van der Waals surface area contributed by atoms with Gasteiger partial charge in [0.1, 0.15) is 0 Å². The Kier molecular flexibility index (Phi) is 5.41. The molecule has 3 rings (SSSR count). The number of hydrogen-bond acceptors (Lipinski definition) is 4. The van der Waals surface area contributed by atoms with Crippen LogP contribution in [-0.2, 0) is 28.9 Å². The summed E-state index contributed by atoms with van der Waals surface area (Å²) >= 11 is 0. The van der Waals surface area contributed by atoms with Crippen molar-refractivity contribution >= 4 is 10.0 Å². The van der Waals surface area contributed by atoms with E-state index in [9.17, 15) is 8.42 Å². The number of aromatic nitrogens is 3. The number of nitrogens with one attached hydrogen (secondary N) is 1. The number of pyridine rings is 1. The summed E-state index contributed by atoms with van der Waals surface area (Å²) in [6, 6.07) is 9.27. The zero-order valence-electron chi connectivity index (χ0n) is 16.9. The highest BCUT2D eigenvalue weighted by Crippen LogP contribution is 2.28. The molecule has 0 spiro atoms. The standard InChI is InChI=1S/C21H26N4O2S/c1-21(2,3)16-7-8-17(23-12-16)10-15-6-9-18(28(26,27)22-4)11-19(15)20-13-25(5)14-24-20/h6-9,11-14,22H,10H2,1-5H3. The quantitative estimate of drug-likeness (QED) is 0.716. The van der Waals surface area contributed by atoms with Gasteiger partial charge in [-0.15, -0.1) is 0 Å². The van der Waals surface area contributed by atoms with Gasteiger partial charge in [0.2, 0.25) is 10.0 Å². The van der Waals surface area contributed by atoms with Crippen molar-refractivity contribution in [2.24, 2.45) is 7.05 Å². The molecule has 0 bridgehead atoms. The zero-order valence-corrected chi connectivity index (χ0v) is 17.7. The van der Waals surface area contributed by atoms with Crippen LogP contribution in [0.3, 0.4) is 0 Å². The highest BCUT2D eigenvalue weighted by molar-refractivity contribution is 7.89. The third-order valence-electron chi connectivity index (χ3n) is 4.70. The number of hydrogen-bond donors (Lipinski definition) is 1. The maximum atomic E-state index is 12.2. The van der Waals surface area contributed by atoms with Crippen LogP contribution < -0.4 is 4.72 Å². The first-order chi connectivity index (χ1) is 13.1. The van der Waals surface area contributed by atoms with Crippen molar-refractivity contribution in [2.75, 3.05) is 7.05 Å². The van der Waals surface area contributed by atoms with Crippen molar-refractivity contribution in [3.63, 3.8) is 0 Å². The normalized spacial score (nSPS) is 12.3. The van der Waals surface area contributed by atoms with Crippen LogP contribution in [-0.4, -0.2) is 30.0 Å². The number of rotatable bonds is 5. The number of benzene rings is 1. The molecule has 0 aliphatic rings. The fourth-order valence-corrected chi connectivity index (χ4v) is 3.71. The van der Waals surface area contributed by atoms with E-state index in [1.807, 2.05) is 36.1 Å². The Morgan fingerprint density at radius 2 is 1.86 bits per heavy atom. The molecule has 0 atom stereocenters. The third-order valence-corrected chi connectivity index (χ3v) is 6.12. The monoisotopic (exact) mass is 398 g/mol. The fraction of sp³-hybridized carbons (Fsp3) is 0.333. The smallest absolute Gasteiger partial charge is 0.240 e. The maximum absolute atomic E-state index is 12.2. The largest absolute Gasteiger partial charge is 0.340 e. The molecule has 0 fully saturated rings. The predicted octanol–water partition coefficient (Wildman–Crippen LogP) is 3.28. The Balaban J connectivity index is 2.03. The number of imidazole rings is 1. The van der Waals surface area contributed by atoms with Crippen molar-refractivity contribution in [3.05, 3.63) is 65.9 Å². The van der Waals surface area contributed by atoms with Crippen molar-refractivity contribution < 1.29 is 8.42 Å². The van der Waals surface area contributed by atoms with Crippen LogP contribution in [0, 0.1) is 0 Å². The Morgan fingerprint density at radius 3 is 2.39 bits per heavy atom. The molecule has 3 aromatic rings. The van der Waals surface area contributed by atoms with Gasteiger partial charge in [0.25, 0.3) is 0 Å². The van der Waals surface area contributed by atoms with Crippen LogP contribution in [0.1, 0.15) is 37.6 Å². The summed E-state index contributed by atoms with van der Waals surface area (Å²) in [5.41, 5.74) is 4.65. The minimum Gasteiger partial charge on any atom is -0.340 e. The Labute approximate surface area is 166 Å².